The van der Waals surface area contributed by atoms with Gasteiger partial charge in [-0.1, -0.05) is 12.1 Å². The highest BCUT2D eigenvalue weighted by atomic mass is 16.5. The molecule has 1 aromatic heterocycles. The molecule has 23 heavy (non-hydrogen) atoms. The van der Waals surface area contributed by atoms with Gasteiger partial charge < -0.3 is 20.0 Å². The van der Waals surface area contributed by atoms with Crippen molar-refractivity contribution >= 4 is 11.9 Å². The minimum atomic E-state index is -0.665. The molecule has 0 bridgehead atoms. The summed E-state index contributed by atoms with van der Waals surface area (Å²) in [5.74, 6) is -0.388. The molecule has 0 saturated carbocycles. The maximum Gasteiger partial charge on any atom is 0.339 e. The van der Waals surface area contributed by atoms with E-state index in [0.29, 0.717) is 17.0 Å². The van der Waals surface area contributed by atoms with Crippen LogP contribution in [0.5, 0.6) is 5.75 Å². The van der Waals surface area contributed by atoms with Gasteiger partial charge >= 0.3 is 5.97 Å². The lowest BCUT2D eigenvalue weighted by Crippen LogP contribution is -2.29. The normalized spacial score (nSPS) is 9.96. The molecule has 0 aliphatic rings. The Morgan fingerprint density at radius 2 is 1.96 bits per heavy atom. The summed E-state index contributed by atoms with van der Waals surface area (Å²) in [6, 6.07) is 9.91. The highest BCUT2D eigenvalue weighted by Gasteiger charge is 2.11. The molecule has 0 fully saturated rings. The number of amides is 1. The monoisotopic (exact) mass is 316 g/mol. The van der Waals surface area contributed by atoms with E-state index in [0.717, 1.165) is 5.56 Å². The van der Waals surface area contributed by atoms with E-state index >= 15 is 0 Å². The first-order valence-corrected chi connectivity index (χ1v) is 6.84. The van der Waals surface area contributed by atoms with Gasteiger partial charge in [-0.15, -0.1) is 0 Å². The van der Waals surface area contributed by atoms with Crippen molar-refractivity contribution in [3.63, 3.8) is 0 Å². The highest BCUT2D eigenvalue weighted by Crippen LogP contribution is 2.12. The van der Waals surface area contributed by atoms with Crippen molar-refractivity contribution in [3.8, 4) is 5.75 Å². The molecule has 0 unspecified atom stereocenters. The third kappa shape index (κ3) is 4.99. The number of ether oxygens (including phenoxy) is 2. The topological polar surface area (TPSA) is 91.6 Å². The van der Waals surface area contributed by atoms with Crippen molar-refractivity contribution in [2.75, 3.05) is 13.7 Å². The van der Waals surface area contributed by atoms with Gasteiger partial charge in [-0.05, 0) is 17.7 Å². The number of nitrogens with zero attached hydrogens (tertiary/aromatic N) is 1. The molecule has 0 spiro atoms. The fourth-order valence-electron chi connectivity index (χ4n) is 1.80. The summed E-state index contributed by atoms with van der Waals surface area (Å²) in [6.07, 6.45) is 2.36. The zero-order valence-corrected chi connectivity index (χ0v) is 12.5. The summed E-state index contributed by atoms with van der Waals surface area (Å²) in [4.78, 5) is 23.4. The second-order valence-corrected chi connectivity index (χ2v) is 4.65. The van der Waals surface area contributed by atoms with E-state index < -0.39 is 18.5 Å². The van der Waals surface area contributed by atoms with Gasteiger partial charge in [0.05, 0.1) is 12.7 Å². The van der Waals surface area contributed by atoms with Crippen LogP contribution in [0.3, 0.4) is 0 Å². The van der Waals surface area contributed by atoms with Crippen LogP contribution in [0, 0.1) is 5.21 Å². The fourth-order valence-corrected chi connectivity index (χ4v) is 1.80. The molecule has 1 heterocycles. The van der Waals surface area contributed by atoms with Crippen LogP contribution < -0.4 is 14.8 Å². The first kappa shape index (κ1) is 16.3. The van der Waals surface area contributed by atoms with Crippen molar-refractivity contribution in [3.05, 3.63) is 65.1 Å². The highest BCUT2D eigenvalue weighted by molar-refractivity contribution is 5.91. The van der Waals surface area contributed by atoms with E-state index in [2.05, 4.69) is 5.32 Å². The summed E-state index contributed by atoms with van der Waals surface area (Å²) in [5, 5.41) is 13.5. The second-order valence-electron chi connectivity index (χ2n) is 4.65. The number of rotatable bonds is 6. The van der Waals surface area contributed by atoms with Crippen molar-refractivity contribution in [1.29, 1.82) is 0 Å². The largest absolute Gasteiger partial charge is 0.619 e. The van der Waals surface area contributed by atoms with Gasteiger partial charge in [-0.2, -0.15) is 4.73 Å². The van der Waals surface area contributed by atoms with Crippen molar-refractivity contribution in [2.45, 2.75) is 6.54 Å². The Kier molecular flexibility index (Phi) is 5.51. The van der Waals surface area contributed by atoms with Gasteiger partial charge in [0.25, 0.3) is 5.91 Å². The van der Waals surface area contributed by atoms with Crippen LogP contribution in [0.2, 0.25) is 0 Å². The van der Waals surface area contributed by atoms with E-state index in [1.165, 1.54) is 24.5 Å². The van der Waals surface area contributed by atoms with Gasteiger partial charge in [0.15, 0.2) is 19.0 Å². The van der Waals surface area contributed by atoms with Gasteiger partial charge in [0, 0.05) is 18.7 Å². The minimum Gasteiger partial charge on any atom is -0.619 e. The van der Waals surface area contributed by atoms with Crippen molar-refractivity contribution in [1.82, 2.24) is 5.32 Å². The van der Waals surface area contributed by atoms with Crippen LogP contribution in [-0.4, -0.2) is 25.6 Å². The molecule has 0 atom stereocenters. The number of aromatic nitrogens is 1. The average Bonchev–Trinajstić information content (AvgIpc) is 2.58. The number of hydrogen-bond acceptors (Lipinski definition) is 5. The molecule has 120 valence electrons. The first-order valence-electron chi connectivity index (χ1n) is 6.84. The van der Waals surface area contributed by atoms with Crippen LogP contribution in [0.4, 0.5) is 0 Å². The summed E-state index contributed by atoms with van der Waals surface area (Å²) >= 11 is 0. The zero-order valence-electron chi connectivity index (χ0n) is 12.5. The molecular formula is C16H16N2O5. The van der Waals surface area contributed by atoms with Crippen LogP contribution in [-0.2, 0) is 16.1 Å². The summed E-state index contributed by atoms with van der Waals surface area (Å²) in [6.45, 7) is -0.0931. The lowest BCUT2D eigenvalue weighted by Gasteiger charge is -2.08. The number of hydrogen-bond donors (Lipinski definition) is 1. The Labute approximate surface area is 133 Å². The number of carbonyl (C=O) groups is 2. The molecule has 0 radical (unpaired) electrons. The minimum absolute atomic E-state index is 0.206. The van der Waals surface area contributed by atoms with Gasteiger partial charge in [0.2, 0.25) is 0 Å². The first-order chi connectivity index (χ1) is 11.1. The number of benzene rings is 1. The number of carbonyl (C=O) groups excluding carboxylic acids is 2. The molecule has 1 aromatic carbocycles. The zero-order chi connectivity index (χ0) is 16.7. The summed E-state index contributed by atoms with van der Waals surface area (Å²) in [7, 11) is 1.56. The third-order valence-electron chi connectivity index (χ3n) is 3.00. The maximum atomic E-state index is 11.7. The molecular weight excluding hydrogens is 300 g/mol. The Bertz CT molecular complexity index is 685. The number of esters is 1. The third-order valence-corrected chi connectivity index (χ3v) is 3.00. The predicted octanol–water partition coefficient (Wildman–Crippen LogP) is 0.802. The quantitative estimate of drug-likeness (QED) is 0.483. The van der Waals surface area contributed by atoms with E-state index in [4.69, 9.17) is 9.47 Å². The van der Waals surface area contributed by atoms with Gasteiger partial charge in [-0.3, -0.25) is 4.79 Å². The Hall–Kier alpha value is -3.09. The van der Waals surface area contributed by atoms with Gasteiger partial charge in [0.1, 0.15) is 5.75 Å². The second kappa shape index (κ2) is 7.79. The average molecular weight is 316 g/mol. The molecule has 0 aliphatic heterocycles. The van der Waals surface area contributed by atoms with E-state index in [1.807, 2.05) is 12.1 Å². The lowest BCUT2D eigenvalue weighted by molar-refractivity contribution is -0.605. The summed E-state index contributed by atoms with van der Waals surface area (Å²) in [5.41, 5.74) is 1.07. The van der Waals surface area contributed by atoms with E-state index in [9.17, 15) is 14.8 Å². The maximum absolute atomic E-state index is 11.7. The van der Waals surface area contributed by atoms with Crippen LogP contribution >= 0.6 is 0 Å². The SMILES string of the molecule is COc1cccc(CNC(=O)COC(=O)c2cc[n+]([O-])cc2)c1. The molecule has 1 amide bonds. The van der Waals surface area contributed by atoms with Crippen LogP contribution in [0.25, 0.3) is 0 Å². The molecule has 2 rings (SSSR count). The molecule has 7 heteroatoms. The number of pyridine rings is 1. The molecule has 1 N–H and O–H groups in total. The standard InChI is InChI=1S/C16H16N2O5/c1-22-14-4-2-3-12(9-14)10-17-15(19)11-23-16(20)13-5-7-18(21)8-6-13/h2-9H,10-11H2,1H3,(H,17,19). The fraction of sp³-hybridized carbons (Fsp3) is 0.188. The smallest absolute Gasteiger partial charge is 0.339 e. The Balaban J connectivity index is 1.78. The number of methoxy groups -OCH3 is 1. The van der Waals surface area contributed by atoms with Gasteiger partial charge in [-0.25, -0.2) is 4.79 Å². The molecule has 7 nitrogen and oxygen atoms in total. The van der Waals surface area contributed by atoms with Crippen molar-refractivity contribution in [2.24, 2.45) is 0 Å². The predicted molar refractivity (Wildman–Crippen MR) is 80.5 cm³/mol. The summed E-state index contributed by atoms with van der Waals surface area (Å²) < 4.78 is 10.5. The van der Waals surface area contributed by atoms with Crippen molar-refractivity contribution < 1.29 is 23.8 Å². The van der Waals surface area contributed by atoms with E-state index in [1.54, 1.807) is 19.2 Å². The number of nitrogens with one attached hydrogen (secondary N) is 1. The molecule has 0 saturated heterocycles. The Morgan fingerprint density at radius 1 is 1.22 bits per heavy atom. The lowest BCUT2D eigenvalue weighted by atomic mass is 10.2. The molecule has 2 aromatic rings. The van der Waals surface area contributed by atoms with Crippen LogP contribution in [0.15, 0.2) is 48.8 Å². The van der Waals surface area contributed by atoms with E-state index in [-0.39, 0.29) is 5.56 Å². The Morgan fingerprint density at radius 3 is 2.65 bits per heavy atom. The molecule has 0 aliphatic carbocycles. The van der Waals surface area contributed by atoms with Crippen LogP contribution in [0.1, 0.15) is 15.9 Å².